The molecule has 2 rings (SSSR count). The highest BCUT2D eigenvalue weighted by atomic mass is 14.7. The summed E-state index contributed by atoms with van der Waals surface area (Å²) in [5.74, 6) is 0.535. The molecule has 2 nitrogen and oxygen atoms in total. The highest BCUT2D eigenvalue weighted by Gasteiger charge is 2.22. The fourth-order valence-corrected chi connectivity index (χ4v) is 2.40. The van der Waals surface area contributed by atoms with Gasteiger partial charge in [0.1, 0.15) is 0 Å². The number of hydrogen-bond donors (Lipinski definition) is 0. The fraction of sp³-hybridized carbons (Fsp3) is 0.444. The molecule has 0 saturated carbocycles. The molecule has 0 atom stereocenters. The van der Waals surface area contributed by atoms with Crippen molar-refractivity contribution >= 4 is 0 Å². The van der Waals surface area contributed by atoms with Gasteiger partial charge in [0.05, 0.1) is 0 Å². The van der Waals surface area contributed by atoms with E-state index in [-0.39, 0.29) is 5.41 Å². The first-order chi connectivity index (χ1) is 9.38. The van der Waals surface area contributed by atoms with E-state index in [2.05, 4.69) is 61.9 Å². The Hall–Kier alpha value is -1.70. The topological polar surface area (TPSA) is 25.8 Å². The molecule has 0 aliphatic rings. The van der Waals surface area contributed by atoms with Gasteiger partial charge < -0.3 is 0 Å². The molecule has 2 aromatic rings. The van der Waals surface area contributed by atoms with Gasteiger partial charge in [-0.05, 0) is 54.0 Å². The first kappa shape index (κ1) is 14.7. The zero-order valence-corrected chi connectivity index (χ0v) is 13.1. The summed E-state index contributed by atoms with van der Waals surface area (Å²) in [7, 11) is 0. The second-order valence-corrected chi connectivity index (χ2v) is 6.48. The van der Waals surface area contributed by atoms with E-state index in [9.17, 15) is 0 Å². The molecule has 0 bridgehead atoms. The minimum absolute atomic E-state index is 0.0695. The Labute approximate surface area is 122 Å². The summed E-state index contributed by atoms with van der Waals surface area (Å²) < 4.78 is 0. The first-order valence-corrected chi connectivity index (χ1v) is 7.26. The molecule has 0 unspecified atom stereocenters. The summed E-state index contributed by atoms with van der Waals surface area (Å²) in [6.45, 7) is 11.0. The second kappa shape index (κ2) is 5.74. The smallest absolute Gasteiger partial charge is 0.0412 e. The summed E-state index contributed by atoms with van der Waals surface area (Å²) in [6, 6.07) is 8.63. The van der Waals surface area contributed by atoms with Gasteiger partial charge in [0.25, 0.3) is 0 Å². The van der Waals surface area contributed by atoms with Gasteiger partial charge in [-0.3, -0.25) is 9.97 Å². The van der Waals surface area contributed by atoms with Crippen molar-refractivity contribution in [3.8, 4) is 0 Å². The van der Waals surface area contributed by atoms with Crippen LogP contribution < -0.4 is 0 Å². The van der Waals surface area contributed by atoms with Gasteiger partial charge in [0.2, 0.25) is 0 Å². The molecule has 106 valence electrons. The van der Waals surface area contributed by atoms with Crippen LogP contribution in [0.3, 0.4) is 0 Å². The predicted octanol–water partition coefficient (Wildman–Crippen LogP) is 4.43. The van der Waals surface area contributed by atoms with Crippen molar-refractivity contribution in [2.24, 2.45) is 0 Å². The Balaban J connectivity index is 2.19. The number of aryl methyl sites for hydroxylation is 1. The van der Waals surface area contributed by atoms with Crippen molar-refractivity contribution < 1.29 is 0 Å². The van der Waals surface area contributed by atoms with E-state index in [1.54, 1.807) is 0 Å². The lowest BCUT2D eigenvalue weighted by Gasteiger charge is -2.25. The average molecular weight is 268 g/mol. The Morgan fingerprint density at radius 2 is 1.85 bits per heavy atom. The van der Waals surface area contributed by atoms with E-state index in [0.717, 1.165) is 17.8 Å². The van der Waals surface area contributed by atoms with Crippen LogP contribution in [0, 0.1) is 6.92 Å². The molecule has 0 saturated heterocycles. The molecule has 0 amide bonds. The van der Waals surface area contributed by atoms with Crippen LogP contribution >= 0.6 is 0 Å². The Morgan fingerprint density at radius 1 is 1.10 bits per heavy atom. The molecular formula is C18H24N2. The summed E-state index contributed by atoms with van der Waals surface area (Å²) >= 11 is 0. The fourth-order valence-electron chi connectivity index (χ4n) is 2.40. The Bertz CT molecular complexity index is 568. The SMILES string of the molecule is Cc1cc(C(C)(C)Cc2ccc(C(C)C)cn2)ccn1. The highest BCUT2D eigenvalue weighted by molar-refractivity contribution is 5.27. The zero-order chi connectivity index (χ0) is 14.8. The molecule has 20 heavy (non-hydrogen) atoms. The molecule has 0 aromatic carbocycles. The monoisotopic (exact) mass is 268 g/mol. The molecule has 0 fully saturated rings. The average Bonchev–Trinajstić information content (AvgIpc) is 2.39. The van der Waals surface area contributed by atoms with Gasteiger partial charge in [-0.15, -0.1) is 0 Å². The van der Waals surface area contributed by atoms with E-state index in [1.165, 1.54) is 11.1 Å². The third kappa shape index (κ3) is 3.44. The van der Waals surface area contributed by atoms with Crippen molar-refractivity contribution in [1.29, 1.82) is 0 Å². The maximum atomic E-state index is 4.62. The van der Waals surface area contributed by atoms with Crippen molar-refractivity contribution in [1.82, 2.24) is 9.97 Å². The lowest BCUT2D eigenvalue weighted by Crippen LogP contribution is -2.21. The van der Waals surface area contributed by atoms with Crippen LogP contribution in [0.5, 0.6) is 0 Å². The minimum atomic E-state index is 0.0695. The van der Waals surface area contributed by atoms with E-state index in [0.29, 0.717) is 5.92 Å². The molecule has 0 aliphatic carbocycles. The van der Waals surface area contributed by atoms with Crippen LogP contribution in [0.1, 0.15) is 56.1 Å². The van der Waals surface area contributed by atoms with Crippen LogP contribution in [0.25, 0.3) is 0 Å². The molecule has 2 heteroatoms. The normalized spacial score (nSPS) is 11.9. The van der Waals surface area contributed by atoms with Crippen LogP contribution in [0.4, 0.5) is 0 Å². The summed E-state index contributed by atoms with van der Waals surface area (Å²) in [6.07, 6.45) is 4.84. The standard InChI is InChI=1S/C18H24N2/c1-13(2)15-6-7-17(20-12-15)11-18(4,5)16-8-9-19-14(3)10-16/h6-10,12-13H,11H2,1-5H3. The minimum Gasteiger partial charge on any atom is -0.262 e. The summed E-state index contributed by atoms with van der Waals surface area (Å²) in [5, 5.41) is 0. The summed E-state index contributed by atoms with van der Waals surface area (Å²) in [5.41, 5.74) is 4.90. The van der Waals surface area contributed by atoms with E-state index in [1.807, 2.05) is 19.3 Å². The maximum absolute atomic E-state index is 4.62. The number of nitrogens with zero attached hydrogens (tertiary/aromatic N) is 2. The molecule has 2 heterocycles. The Kier molecular flexibility index (Phi) is 4.22. The first-order valence-electron chi connectivity index (χ1n) is 7.26. The van der Waals surface area contributed by atoms with Crippen LogP contribution in [-0.4, -0.2) is 9.97 Å². The quantitative estimate of drug-likeness (QED) is 0.820. The molecular weight excluding hydrogens is 244 g/mol. The van der Waals surface area contributed by atoms with Gasteiger partial charge in [0, 0.05) is 23.8 Å². The lowest BCUT2D eigenvalue weighted by atomic mass is 9.80. The third-order valence-electron chi connectivity index (χ3n) is 3.82. The van der Waals surface area contributed by atoms with Gasteiger partial charge in [-0.25, -0.2) is 0 Å². The molecule has 0 radical (unpaired) electrons. The maximum Gasteiger partial charge on any atom is 0.0412 e. The number of pyridine rings is 2. The van der Waals surface area contributed by atoms with Crippen LogP contribution in [0.2, 0.25) is 0 Å². The number of aromatic nitrogens is 2. The Morgan fingerprint density at radius 3 is 2.40 bits per heavy atom. The predicted molar refractivity (Wildman–Crippen MR) is 84.0 cm³/mol. The van der Waals surface area contributed by atoms with Crippen molar-refractivity contribution in [3.05, 3.63) is 59.2 Å². The van der Waals surface area contributed by atoms with E-state index < -0.39 is 0 Å². The van der Waals surface area contributed by atoms with Gasteiger partial charge in [-0.1, -0.05) is 33.8 Å². The van der Waals surface area contributed by atoms with Crippen molar-refractivity contribution in [3.63, 3.8) is 0 Å². The van der Waals surface area contributed by atoms with E-state index >= 15 is 0 Å². The number of rotatable bonds is 4. The third-order valence-corrected chi connectivity index (χ3v) is 3.82. The van der Waals surface area contributed by atoms with Crippen LogP contribution in [0.15, 0.2) is 36.7 Å². The van der Waals surface area contributed by atoms with Gasteiger partial charge in [-0.2, -0.15) is 0 Å². The zero-order valence-electron chi connectivity index (χ0n) is 13.1. The van der Waals surface area contributed by atoms with Crippen molar-refractivity contribution in [2.45, 2.75) is 52.4 Å². The second-order valence-electron chi connectivity index (χ2n) is 6.48. The van der Waals surface area contributed by atoms with Crippen molar-refractivity contribution in [2.75, 3.05) is 0 Å². The molecule has 0 aliphatic heterocycles. The summed E-state index contributed by atoms with van der Waals surface area (Å²) in [4.78, 5) is 8.89. The van der Waals surface area contributed by atoms with Gasteiger partial charge in [0.15, 0.2) is 0 Å². The lowest BCUT2D eigenvalue weighted by molar-refractivity contribution is 0.514. The van der Waals surface area contributed by atoms with Crippen LogP contribution in [-0.2, 0) is 11.8 Å². The molecule has 2 aromatic heterocycles. The van der Waals surface area contributed by atoms with E-state index in [4.69, 9.17) is 0 Å². The highest BCUT2D eigenvalue weighted by Crippen LogP contribution is 2.27. The largest absolute Gasteiger partial charge is 0.262 e. The molecule has 0 N–H and O–H groups in total. The van der Waals surface area contributed by atoms with Gasteiger partial charge >= 0.3 is 0 Å². The molecule has 0 spiro atoms. The number of hydrogen-bond acceptors (Lipinski definition) is 2.